The highest BCUT2D eigenvalue weighted by atomic mass is 14.9. The molecule has 0 saturated heterocycles. The van der Waals surface area contributed by atoms with Gasteiger partial charge < -0.3 is 5.32 Å². The number of nitrogens with one attached hydrogen (secondary N) is 1. The molecule has 0 spiro atoms. The minimum Gasteiger partial charge on any atom is -0.310 e. The third-order valence-corrected chi connectivity index (χ3v) is 3.61. The first-order valence-electron chi connectivity index (χ1n) is 7.17. The molecule has 2 rings (SSSR count). The maximum absolute atomic E-state index is 3.49. The summed E-state index contributed by atoms with van der Waals surface area (Å²) in [6.45, 7) is 7.55. The second-order valence-corrected chi connectivity index (χ2v) is 4.92. The van der Waals surface area contributed by atoms with Crippen molar-refractivity contribution in [2.24, 2.45) is 0 Å². The van der Waals surface area contributed by atoms with Gasteiger partial charge in [0.05, 0.1) is 0 Å². The van der Waals surface area contributed by atoms with E-state index in [9.17, 15) is 0 Å². The molecule has 0 aliphatic carbocycles. The lowest BCUT2D eigenvalue weighted by Crippen LogP contribution is -2.18. The van der Waals surface area contributed by atoms with Crippen molar-refractivity contribution in [3.05, 3.63) is 59.7 Å². The minimum absolute atomic E-state index is 0.382. The Morgan fingerprint density at radius 1 is 0.947 bits per heavy atom. The fourth-order valence-electron chi connectivity index (χ4n) is 2.47. The highest BCUT2D eigenvalue weighted by molar-refractivity contribution is 5.68. The van der Waals surface area contributed by atoms with Gasteiger partial charge in [-0.3, -0.25) is 0 Å². The number of hydrogen-bond acceptors (Lipinski definition) is 1. The normalized spacial score (nSPS) is 12.4. The Bertz CT molecular complexity index is 513. The van der Waals surface area contributed by atoms with Gasteiger partial charge in [-0.25, -0.2) is 0 Å². The number of benzene rings is 2. The lowest BCUT2D eigenvalue weighted by Gasteiger charge is -2.17. The molecule has 0 fully saturated rings. The molecule has 1 atom stereocenters. The van der Waals surface area contributed by atoms with Gasteiger partial charge in [-0.05, 0) is 42.1 Å². The summed E-state index contributed by atoms with van der Waals surface area (Å²) in [4.78, 5) is 0. The molecule has 2 aromatic carbocycles. The number of hydrogen-bond donors (Lipinski definition) is 1. The lowest BCUT2D eigenvalue weighted by atomic mass is 9.95. The summed E-state index contributed by atoms with van der Waals surface area (Å²) in [7, 11) is 0. The molecule has 0 aromatic heterocycles. The van der Waals surface area contributed by atoms with Crippen molar-refractivity contribution in [3.63, 3.8) is 0 Å². The van der Waals surface area contributed by atoms with Gasteiger partial charge in [0, 0.05) is 6.04 Å². The van der Waals surface area contributed by atoms with E-state index in [1.165, 1.54) is 22.3 Å². The Hall–Kier alpha value is -1.60. The van der Waals surface area contributed by atoms with Crippen LogP contribution in [0.15, 0.2) is 48.5 Å². The van der Waals surface area contributed by atoms with Crippen LogP contribution in [-0.2, 0) is 6.42 Å². The van der Waals surface area contributed by atoms with Gasteiger partial charge in [0.2, 0.25) is 0 Å². The monoisotopic (exact) mass is 253 g/mol. The van der Waals surface area contributed by atoms with E-state index in [1.807, 2.05) is 0 Å². The van der Waals surface area contributed by atoms with Crippen LogP contribution in [0, 0.1) is 0 Å². The maximum Gasteiger partial charge on any atom is 0.0297 e. The van der Waals surface area contributed by atoms with E-state index in [4.69, 9.17) is 0 Å². The average Bonchev–Trinajstić information content (AvgIpc) is 2.47. The molecule has 100 valence electrons. The van der Waals surface area contributed by atoms with Crippen molar-refractivity contribution in [1.29, 1.82) is 0 Å². The predicted molar refractivity (Wildman–Crippen MR) is 83.3 cm³/mol. The van der Waals surface area contributed by atoms with Crippen LogP contribution in [0.2, 0.25) is 0 Å². The van der Waals surface area contributed by atoms with Crippen LogP contribution in [0.1, 0.15) is 37.9 Å². The van der Waals surface area contributed by atoms with Gasteiger partial charge >= 0.3 is 0 Å². The van der Waals surface area contributed by atoms with E-state index in [0.29, 0.717) is 6.04 Å². The van der Waals surface area contributed by atoms with Crippen LogP contribution in [0.5, 0.6) is 0 Å². The van der Waals surface area contributed by atoms with Gasteiger partial charge in [-0.2, -0.15) is 0 Å². The topological polar surface area (TPSA) is 12.0 Å². The Morgan fingerprint density at radius 2 is 1.63 bits per heavy atom. The zero-order chi connectivity index (χ0) is 13.7. The molecule has 19 heavy (non-hydrogen) atoms. The molecule has 0 saturated carbocycles. The molecule has 0 aliphatic heterocycles. The second-order valence-electron chi connectivity index (χ2n) is 4.92. The van der Waals surface area contributed by atoms with Crippen molar-refractivity contribution in [3.8, 4) is 11.1 Å². The minimum atomic E-state index is 0.382. The third kappa shape index (κ3) is 3.24. The van der Waals surface area contributed by atoms with Crippen LogP contribution < -0.4 is 5.32 Å². The first-order chi connectivity index (χ1) is 9.26. The fraction of sp³-hybridized carbons (Fsp3) is 0.333. The quantitative estimate of drug-likeness (QED) is 0.822. The summed E-state index contributed by atoms with van der Waals surface area (Å²) in [5, 5.41) is 3.49. The van der Waals surface area contributed by atoms with Crippen LogP contribution in [0.4, 0.5) is 0 Å². The number of rotatable bonds is 5. The van der Waals surface area contributed by atoms with E-state index >= 15 is 0 Å². The first kappa shape index (κ1) is 13.8. The second kappa shape index (κ2) is 6.53. The largest absolute Gasteiger partial charge is 0.310 e. The summed E-state index contributed by atoms with van der Waals surface area (Å²) in [6, 6.07) is 18.0. The molecule has 1 nitrogen and oxygen atoms in total. The van der Waals surface area contributed by atoms with Crippen LogP contribution in [0.3, 0.4) is 0 Å². The molecule has 2 aromatic rings. The summed E-state index contributed by atoms with van der Waals surface area (Å²) >= 11 is 0. The fourth-order valence-corrected chi connectivity index (χ4v) is 2.47. The molecular formula is C18H23N. The van der Waals surface area contributed by atoms with E-state index in [0.717, 1.165) is 13.0 Å². The molecule has 1 N–H and O–H groups in total. The van der Waals surface area contributed by atoms with Gasteiger partial charge in [0.15, 0.2) is 0 Å². The van der Waals surface area contributed by atoms with Crippen LogP contribution >= 0.6 is 0 Å². The Balaban J connectivity index is 2.37. The Labute approximate surface area is 116 Å². The molecule has 0 aliphatic rings. The van der Waals surface area contributed by atoms with Crippen molar-refractivity contribution >= 4 is 0 Å². The van der Waals surface area contributed by atoms with Crippen molar-refractivity contribution in [2.75, 3.05) is 6.54 Å². The third-order valence-electron chi connectivity index (χ3n) is 3.61. The Morgan fingerprint density at radius 3 is 2.26 bits per heavy atom. The molecular weight excluding hydrogens is 230 g/mol. The first-order valence-corrected chi connectivity index (χ1v) is 7.17. The van der Waals surface area contributed by atoms with E-state index in [1.54, 1.807) is 0 Å². The van der Waals surface area contributed by atoms with E-state index < -0.39 is 0 Å². The van der Waals surface area contributed by atoms with Crippen molar-refractivity contribution in [1.82, 2.24) is 5.32 Å². The van der Waals surface area contributed by atoms with Crippen molar-refractivity contribution in [2.45, 2.75) is 33.2 Å². The summed E-state index contributed by atoms with van der Waals surface area (Å²) in [5.74, 6) is 0. The van der Waals surface area contributed by atoms with E-state index in [2.05, 4.69) is 74.6 Å². The molecule has 0 heterocycles. The lowest BCUT2D eigenvalue weighted by molar-refractivity contribution is 0.599. The SMILES string of the molecule is CCNC(C)c1ccccc1-c1ccc(CC)cc1. The highest BCUT2D eigenvalue weighted by Gasteiger charge is 2.10. The summed E-state index contributed by atoms with van der Waals surface area (Å²) in [5.41, 5.74) is 5.39. The smallest absolute Gasteiger partial charge is 0.0297 e. The van der Waals surface area contributed by atoms with E-state index in [-0.39, 0.29) is 0 Å². The summed E-state index contributed by atoms with van der Waals surface area (Å²) in [6.07, 6.45) is 1.09. The molecule has 0 radical (unpaired) electrons. The maximum atomic E-state index is 3.49. The highest BCUT2D eigenvalue weighted by Crippen LogP contribution is 2.28. The standard InChI is InChI=1S/C18H23N/c1-4-15-10-12-16(13-11-15)18-9-7-6-8-17(18)14(3)19-5-2/h6-14,19H,4-5H2,1-3H3. The van der Waals surface area contributed by atoms with Crippen molar-refractivity contribution < 1.29 is 0 Å². The molecule has 1 heteroatoms. The average molecular weight is 253 g/mol. The zero-order valence-electron chi connectivity index (χ0n) is 12.1. The van der Waals surface area contributed by atoms with Gasteiger partial charge in [-0.15, -0.1) is 0 Å². The van der Waals surface area contributed by atoms with Gasteiger partial charge in [-0.1, -0.05) is 62.4 Å². The van der Waals surface area contributed by atoms with Crippen LogP contribution in [0.25, 0.3) is 11.1 Å². The van der Waals surface area contributed by atoms with Crippen LogP contribution in [-0.4, -0.2) is 6.54 Å². The zero-order valence-corrected chi connectivity index (χ0v) is 12.1. The number of aryl methyl sites for hydroxylation is 1. The predicted octanol–water partition coefficient (Wildman–Crippen LogP) is 4.59. The molecule has 0 amide bonds. The molecule has 0 bridgehead atoms. The Kier molecular flexibility index (Phi) is 4.75. The summed E-state index contributed by atoms with van der Waals surface area (Å²) < 4.78 is 0. The van der Waals surface area contributed by atoms with Gasteiger partial charge in [0.25, 0.3) is 0 Å². The molecule has 1 unspecified atom stereocenters. The van der Waals surface area contributed by atoms with Gasteiger partial charge in [0.1, 0.15) is 0 Å².